The summed E-state index contributed by atoms with van der Waals surface area (Å²) in [6, 6.07) is 13.8. The second-order valence-corrected chi connectivity index (χ2v) is 6.55. The molecule has 3 aromatic carbocycles. The zero-order chi connectivity index (χ0) is 17.3. The normalized spacial score (nSPS) is 12.0. The third kappa shape index (κ3) is 2.92. The average Bonchev–Trinajstić information content (AvgIpc) is 2.54. The molecule has 0 aliphatic rings. The van der Waals surface area contributed by atoms with E-state index in [1.807, 2.05) is 0 Å². The summed E-state index contributed by atoms with van der Waals surface area (Å²) in [6.45, 7) is 0. The fraction of sp³-hybridized carbons (Fsp3) is 0. The number of para-hydroxylation sites is 1. The van der Waals surface area contributed by atoms with E-state index in [2.05, 4.69) is 10.2 Å². The van der Waals surface area contributed by atoms with Crippen molar-refractivity contribution in [2.75, 3.05) is 0 Å². The number of aromatic hydroxyl groups is 2. The second kappa shape index (κ2) is 5.91. The van der Waals surface area contributed by atoms with Gasteiger partial charge in [-0.2, -0.15) is 0 Å². The Morgan fingerprint density at radius 3 is 2.08 bits per heavy atom. The van der Waals surface area contributed by atoms with Crippen molar-refractivity contribution in [1.29, 1.82) is 0 Å². The number of nitrogens with two attached hydrogens (primary N) is 1. The molecule has 24 heavy (non-hydrogen) atoms. The van der Waals surface area contributed by atoms with Gasteiger partial charge in [0.05, 0.1) is 4.90 Å². The minimum Gasteiger partial charge on any atom is -0.506 e. The fourth-order valence-electron chi connectivity index (χ4n) is 2.28. The average molecular weight is 343 g/mol. The molecule has 0 atom stereocenters. The first kappa shape index (κ1) is 15.9. The molecular formula is C16H13N3O4S. The maximum absolute atomic E-state index is 11.8. The van der Waals surface area contributed by atoms with Crippen molar-refractivity contribution in [2.24, 2.45) is 15.4 Å². The number of fused-ring (bicyclic) bond motifs is 1. The maximum atomic E-state index is 11.8. The Hall–Kier alpha value is -2.97. The van der Waals surface area contributed by atoms with E-state index >= 15 is 0 Å². The molecule has 0 radical (unpaired) electrons. The first-order valence-corrected chi connectivity index (χ1v) is 8.40. The van der Waals surface area contributed by atoms with Crippen LogP contribution in [0.4, 0.5) is 11.4 Å². The Bertz CT molecular complexity index is 1060. The van der Waals surface area contributed by atoms with Crippen molar-refractivity contribution in [1.82, 2.24) is 0 Å². The summed E-state index contributed by atoms with van der Waals surface area (Å²) >= 11 is 0. The molecule has 0 spiro atoms. The SMILES string of the molecule is NS(=O)(=O)c1cc(N=Nc2ccccc2O)c(O)c2ccccc12. The molecule has 3 rings (SSSR count). The monoisotopic (exact) mass is 343 g/mol. The minimum atomic E-state index is -4.02. The Morgan fingerprint density at radius 1 is 0.833 bits per heavy atom. The Morgan fingerprint density at radius 2 is 1.42 bits per heavy atom. The zero-order valence-corrected chi connectivity index (χ0v) is 13.1. The molecule has 0 saturated heterocycles. The van der Waals surface area contributed by atoms with E-state index in [-0.39, 0.29) is 33.2 Å². The van der Waals surface area contributed by atoms with Crippen molar-refractivity contribution >= 4 is 32.2 Å². The quantitative estimate of drug-likeness (QED) is 0.631. The van der Waals surface area contributed by atoms with Gasteiger partial charge in [0, 0.05) is 10.8 Å². The largest absolute Gasteiger partial charge is 0.506 e. The van der Waals surface area contributed by atoms with Crippen molar-refractivity contribution in [3.05, 3.63) is 54.6 Å². The predicted octanol–water partition coefficient (Wildman–Crippen LogP) is 3.31. The molecule has 122 valence electrons. The lowest BCUT2D eigenvalue weighted by Crippen LogP contribution is -2.12. The first-order valence-electron chi connectivity index (χ1n) is 6.85. The van der Waals surface area contributed by atoms with Gasteiger partial charge in [-0.3, -0.25) is 0 Å². The van der Waals surface area contributed by atoms with Gasteiger partial charge in [0.1, 0.15) is 17.1 Å². The van der Waals surface area contributed by atoms with Gasteiger partial charge in [-0.25, -0.2) is 13.6 Å². The zero-order valence-electron chi connectivity index (χ0n) is 12.3. The van der Waals surface area contributed by atoms with Gasteiger partial charge in [0.15, 0.2) is 5.75 Å². The Labute approximate surface area is 137 Å². The van der Waals surface area contributed by atoms with Crippen LogP contribution < -0.4 is 5.14 Å². The van der Waals surface area contributed by atoms with Crippen LogP contribution in [0.5, 0.6) is 11.5 Å². The van der Waals surface area contributed by atoms with Gasteiger partial charge in [0.25, 0.3) is 0 Å². The number of benzene rings is 3. The van der Waals surface area contributed by atoms with E-state index < -0.39 is 10.0 Å². The third-order valence-corrected chi connectivity index (χ3v) is 4.36. The third-order valence-electron chi connectivity index (χ3n) is 3.41. The van der Waals surface area contributed by atoms with Crippen LogP contribution in [0.3, 0.4) is 0 Å². The van der Waals surface area contributed by atoms with Crippen LogP contribution in [0.15, 0.2) is 69.7 Å². The molecule has 0 aromatic heterocycles. The maximum Gasteiger partial charge on any atom is 0.238 e. The molecule has 0 saturated carbocycles. The van der Waals surface area contributed by atoms with Crippen LogP contribution in [-0.4, -0.2) is 18.6 Å². The highest BCUT2D eigenvalue weighted by Gasteiger charge is 2.18. The van der Waals surface area contributed by atoms with Gasteiger partial charge < -0.3 is 10.2 Å². The summed E-state index contributed by atoms with van der Waals surface area (Å²) in [7, 11) is -4.02. The van der Waals surface area contributed by atoms with Crippen LogP contribution >= 0.6 is 0 Å². The number of sulfonamides is 1. The molecule has 4 N–H and O–H groups in total. The van der Waals surface area contributed by atoms with E-state index in [4.69, 9.17) is 5.14 Å². The summed E-state index contributed by atoms with van der Waals surface area (Å²) in [5.74, 6) is -0.314. The molecule has 3 aromatic rings. The molecule has 0 aliphatic carbocycles. The molecule has 7 nitrogen and oxygen atoms in total. The predicted molar refractivity (Wildman–Crippen MR) is 89.3 cm³/mol. The number of rotatable bonds is 3. The van der Waals surface area contributed by atoms with E-state index in [0.29, 0.717) is 5.39 Å². The van der Waals surface area contributed by atoms with Gasteiger partial charge in [-0.05, 0) is 18.2 Å². The Kier molecular flexibility index (Phi) is 3.92. The number of hydrogen-bond acceptors (Lipinski definition) is 6. The van der Waals surface area contributed by atoms with Crippen LogP contribution in [0.2, 0.25) is 0 Å². The van der Waals surface area contributed by atoms with Crippen molar-refractivity contribution in [3.63, 3.8) is 0 Å². The molecule has 0 bridgehead atoms. The van der Waals surface area contributed by atoms with E-state index in [1.54, 1.807) is 36.4 Å². The standard InChI is InChI=1S/C16H13N3O4S/c17-24(22,23)15-9-13(16(21)11-6-2-1-5-10(11)15)19-18-12-7-3-4-8-14(12)20/h1-9,20-21H,(H2,17,22,23). The van der Waals surface area contributed by atoms with Crippen LogP contribution in [0.25, 0.3) is 10.8 Å². The highest BCUT2D eigenvalue weighted by atomic mass is 32.2. The number of phenolic OH excluding ortho intramolecular Hbond substituents is 2. The van der Waals surface area contributed by atoms with Gasteiger partial charge >= 0.3 is 0 Å². The number of phenols is 2. The van der Waals surface area contributed by atoms with Crippen LogP contribution in [0.1, 0.15) is 0 Å². The number of nitrogens with zero attached hydrogens (tertiary/aromatic N) is 2. The summed E-state index contributed by atoms with van der Waals surface area (Å²) < 4.78 is 23.6. The van der Waals surface area contributed by atoms with Crippen molar-refractivity contribution in [3.8, 4) is 11.5 Å². The van der Waals surface area contributed by atoms with Gasteiger partial charge in [-0.1, -0.05) is 36.4 Å². The molecule has 0 unspecified atom stereocenters. The smallest absolute Gasteiger partial charge is 0.238 e. The van der Waals surface area contributed by atoms with E-state index in [0.717, 1.165) is 6.07 Å². The van der Waals surface area contributed by atoms with E-state index in [1.165, 1.54) is 12.1 Å². The van der Waals surface area contributed by atoms with Gasteiger partial charge in [0.2, 0.25) is 10.0 Å². The highest BCUT2D eigenvalue weighted by molar-refractivity contribution is 7.89. The molecular weight excluding hydrogens is 330 g/mol. The second-order valence-electron chi connectivity index (χ2n) is 5.02. The molecule has 8 heteroatoms. The molecule has 0 heterocycles. The summed E-state index contributed by atoms with van der Waals surface area (Å²) in [5, 5.41) is 33.5. The molecule has 0 aliphatic heterocycles. The number of hydrogen-bond donors (Lipinski definition) is 3. The van der Waals surface area contributed by atoms with Crippen molar-refractivity contribution in [2.45, 2.75) is 4.90 Å². The Balaban J connectivity index is 2.22. The van der Waals surface area contributed by atoms with Gasteiger partial charge in [-0.15, -0.1) is 10.2 Å². The summed E-state index contributed by atoms with van der Waals surface area (Å²) in [4.78, 5) is -0.165. The lowest BCUT2D eigenvalue weighted by Gasteiger charge is -2.08. The lowest BCUT2D eigenvalue weighted by atomic mass is 10.1. The highest BCUT2D eigenvalue weighted by Crippen LogP contribution is 2.39. The molecule has 0 amide bonds. The first-order chi connectivity index (χ1) is 11.4. The summed E-state index contributed by atoms with van der Waals surface area (Å²) in [5.41, 5.74) is 0.114. The van der Waals surface area contributed by atoms with Crippen LogP contribution in [-0.2, 0) is 10.0 Å². The summed E-state index contributed by atoms with van der Waals surface area (Å²) in [6.07, 6.45) is 0. The van der Waals surface area contributed by atoms with E-state index in [9.17, 15) is 18.6 Å². The topological polar surface area (TPSA) is 125 Å². The number of primary sulfonamides is 1. The lowest BCUT2D eigenvalue weighted by molar-refractivity contribution is 0.475. The van der Waals surface area contributed by atoms with Crippen molar-refractivity contribution < 1.29 is 18.6 Å². The van der Waals surface area contributed by atoms with Crippen LogP contribution in [0, 0.1) is 0 Å². The fourth-order valence-corrected chi connectivity index (χ4v) is 3.04. The minimum absolute atomic E-state index is 0.0685. The number of azo groups is 1. The molecule has 0 fully saturated rings.